The van der Waals surface area contributed by atoms with Crippen molar-refractivity contribution < 1.29 is 45.5 Å². The van der Waals surface area contributed by atoms with E-state index in [0.717, 1.165) is 56.2 Å². The van der Waals surface area contributed by atoms with Gasteiger partial charge in [0.1, 0.15) is 12.1 Å². The lowest BCUT2D eigenvalue weighted by Crippen LogP contribution is -2.50. The molecule has 4 aromatic carbocycles. The van der Waals surface area contributed by atoms with E-state index in [1.54, 1.807) is 36.4 Å². The lowest BCUT2D eigenvalue weighted by Gasteiger charge is -2.36. The summed E-state index contributed by atoms with van der Waals surface area (Å²) in [5, 5.41) is 2.23. The number of hydrogen-bond acceptors (Lipinski definition) is 6. The molecule has 4 aliphatic heterocycles. The minimum absolute atomic E-state index is 0.111. The number of imide groups is 2. The zero-order chi connectivity index (χ0) is 35.3. The van der Waals surface area contributed by atoms with Gasteiger partial charge in [0.05, 0.1) is 46.4 Å². The Morgan fingerprint density at radius 2 is 0.720 bits per heavy atom. The number of carbonyl (C=O) groups is 4. The molecule has 8 rings (SSSR count). The zero-order valence-electron chi connectivity index (χ0n) is 25.5. The minimum atomic E-state index is -4.96. The summed E-state index contributed by atoms with van der Waals surface area (Å²) >= 11 is 0. The highest BCUT2D eigenvalue weighted by Crippen LogP contribution is 2.61. The van der Waals surface area contributed by atoms with E-state index in [9.17, 15) is 45.5 Å². The van der Waals surface area contributed by atoms with Gasteiger partial charge in [0.15, 0.2) is 0 Å². The van der Waals surface area contributed by atoms with Crippen LogP contribution in [0, 0.1) is 11.8 Å². The average molecular weight is 691 g/mol. The standard InChI is InChI=1S/C36H24F6N4O4/c37-35(38,39)23-17-9-7-15-21(23)27-25-29(33(49)43(31(25)47)19-11-3-1-4-12-19)45-28(22-16-8-10-18-24(22)36(40,41)42)26-30(46(27)45)34(50)44(32(26)48)20-13-5-2-6-14-20/h1-18,25-30H/t25-,26-,27-,28+,29+,30-/m1/s1. The van der Waals surface area contributed by atoms with E-state index in [0.29, 0.717) is 0 Å². The van der Waals surface area contributed by atoms with Gasteiger partial charge in [0.2, 0.25) is 11.8 Å². The van der Waals surface area contributed by atoms with E-state index >= 15 is 0 Å². The van der Waals surface area contributed by atoms with Crippen molar-refractivity contribution in [2.24, 2.45) is 11.8 Å². The Hall–Kier alpha value is -5.34. The number of halogens is 6. The number of rotatable bonds is 4. The smallest absolute Gasteiger partial charge is 0.274 e. The molecule has 50 heavy (non-hydrogen) atoms. The van der Waals surface area contributed by atoms with Crippen LogP contribution in [0.4, 0.5) is 37.7 Å². The quantitative estimate of drug-likeness (QED) is 0.188. The summed E-state index contributed by atoms with van der Waals surface area (Å²) in [7, 11) is 0. The lowest BCUT2D eigenvalue weighted by atomic mass is 9.82. The first kappa shape index (κ1) is 31.9. The van der Waals surface area contributed by atoms with E-state index in [4.69, 9.17) is 0 Å². The molecular formula is C36H24F6N4O4. The summed E-state index contributed by atoms with van der Waals surface area (Å²) in [6.45, 7) is 0. The van der Waals surface area contributed by atoms with Crippen LogP contribution >= 0.6 is 0 Å². The topological polar surface area (TPSA) is 81.2 Å². The number of alkyl halides is 6. The molecule has 4 aromatic rings. The molecule has 6 atom stereocenters. The molecule has 4 amide bonds. The monoisotopic (exact) mass is 690 g/mol. The van der Waals surface area contributed by atoms with Crippen LogP contribution in [0.25, 0.3) is 0 Å². The van der Waals surface area contributed by atoms with Crippen molar-refractivity contribution in [3.8, 4) is 0 Å². The molecule has 254 valence electrons. The van der Waals surface area contributed by atoms with E-state index in [1.165, 1.54) is 36.4 Å². The van der Waals surface area contributed by atoms with E-state index in [-0.39, 0.29) is 11.4 Å². The number of nitrogens with zero attached hydrogens (tertiary/aromatic N) is 4. The Balaban J connectivity index is 1.41. The first-order valence-corrected chi connectivity index (χ1v) is 15.6. The maximum Gasteiger partial charge on any atom is 0.416 e. The molecule has 14 heteroatoms. The molecule has 4 saturated heterocycles. The van der Waals surface area contributed by atoms with E-state index in [1.807, 2.05) is 0 Å². The maximum atomic E-state index is 14.7. The summed E-state index contributed by atoms with van der Waals surface area (Å²) in [6.07, 6.45) is -9.92. The minimum Gasteiger partial charge on any atom is -0.274 e. The lowest BCUT2D eigenvalue weighted by molar-refractivity contribution is -0.143. The van der Waals surface area contributed by atoms with Gasteiger partial charge in [0, 0.05) is 0 Å². The Morgan fingerprint density at radius 3 is 1.06 bits per heavy atom. The summed E-state index contributed by atoms with van der Waals surface area (Å²) in [5.74, 6) is -6.78. The number of hydrazine groups is 1. The number of hydrogen-bond donors (Lipinski definition) is 0. The molecule has 0 N–H and O–H groups in total. The van der Waals surface area contributed by atoms with Gasteiger partial charge in [-0.25, -0.2) is 19.8 Å². The number of benzene rings is 4. The summed E-state index contributed by atoms with van der Waals surface area (Å²) in [6, 6.07) is 17.3. The van der Waals surface area contributed by atoms with Crippen molar-refractivity contribution in [1.29, 1.82) is 0 Å². The molecule has 0 saturated carbocycles. The molecule has 8 nitrogen and oxygen atoms in total. The first-order valence-electron chi connectivity index (χ1n) is 15.6. The second-order valence-corrected chi connectivity index (χ2v) is 12.5. The molecule has 4 fully saturated rings. The Labute approximate surface area is 280 Å². The molecule has 4 aliphatic rings. The summed E-state index contributed by atoms with van der Waals surface area (Å²) < 4.78 is 88.0. The molecule has 0 spiro atoms. The fourth-order valence-electron chi connectivity index (χ4n) is 8.14. The Kier molecular flexibility index (Phi) is 7.07. The highest BCUT2D eigenvalue weighted by molar-refractivity contribution is 6.26. The highest BCUT2D eigenvalue weighted by atomic mass is 19.4. The van der Waals surface area contributed by atoms with Gasteiger partial charge in [0.25, 0.3) is 11.8 Å². The van der Waals surface area contributed by atoms with Crippen LogP contribution in [0.15, 0.2) is 109 Å². The predicted octanol–water partition coefficient (Wildman–Crippen LogP) is 6.17. The number of anilines is 2. The van der Waals surface area contributed by atoms with Crippen LogP contribution in [0.1, 0.15) is 34.3 Å². The summed E-state index contributed by atoms with van der Waals surface area (Å²) in [4.78, 5) is 59.3. The largest absolute Gasteiger partial charge is 0.416 e. The normalized spacial score (nSPS) is 26.9. The van der Waals surface area contributed by atoms with Gasteiger partial charge < -0.3 is 0 Å². The Bertz CT molecular complexity index is 1910. The van der Waals surface area contributed by atoms with Gasteiger partial charge >= 0.3 is 12.4 Å². The average Bonchev–Trinajstić information content (AvgIpc) is 3.76. The highest BCUT2D eigenvalue weighted by Gasteiger charge is 2.74. The van der Waals surface area contributed by atoms with Gasteiger partial charge in [-0.2, -0.15) is 26.3 Å². The third-order valence-corrected chi connectivity index (χ3v) is 9.92. The SMILES string of the molecule is O=C1[C@H]2[C@@H](C(=O)N1c1ccccc1)N1[C@@H](c3ccccc3C(F)(F)F)[C@H]3C(=O)N(c4ccccc4)C(=O)[C@@H]3N1[C@@H]2c1ccccc1C(F)(F)F. The van der Waals surface area contributed by atoms with Crippen molar-refractivity contribution >= 4 is 35.0 Å². The van der Waals surface area contributed by atoms with Crippen LogP contribution in [0.3, 0.4) is 0 Å². The third-order valence-electron chi connectivity index (χ3n) is 9.92. The van der Waals surface area contributed by atoms with Gasteiger partial charge in [-0.05, 0) is 47.5 Å². The van der Waals surface area contributed by atoms with Gasteiger partial charge in [-0.1, -0.05) is 72.8 Å². The fourth-order valence-corrected chi connectivity index (χ4v) is 8.14. The Morgan fingerprint density at radius 1 is 0.400 bits per heavy atom. The number of para-hydroxylation sites is 2. The number of carbonyl (C=O) groups excluding carboxylic acids is 4. The number of fused-ring (bicyclic) bond motifs is 5. The van der Waals surface area contributed by atoms with Crippen molar-refractivity contribution in [2.45, 2.75) is 36.5 Å². The molecule has 0 aromatic heterocycles. The zero-order valence-corrected chi connectivity index (χ0v) is 25.5. The van der Waals surface area contributed by atoms with Crippen molar-refractivity contribution in [1.82, 2.24) is 10.0 Å². The van der Waals surface area contributed by atoms with Gasteiger partial charge in [-0.3, -0.25) is 19.2 Å². The third kappa shape index (κ3) is 4.47. The van der Waals surface area contributed by atoms with Gasteiger partial charge in [-0.15, -0.1) is 0 Å². The molecule has 0 aliphatic carbocycles. The number of amides is 4. The molecular weight excluding hydrogens is 666 g/mol. The molecule has 0 unspecified atom stereocenters. The first-order chi connectivity index (χ1) is 23.8. The van der Waals surface area contributed by atoms with Crippen LogP contribution in [-0.2, 0) is 31.5 Å². The fraction of sp³-hybridized carbons (Fsp3) is 0.222. The second-order valence-electron chi connectivity index (χ2n) is 12.5. The molecule has 0 bridgehead atoms. The van der Waals surface area contributed by atoms with Crippen LogP contribution in [0.2, 0.25) is 0 Å². The van der Waals surface area contributed by atoms with Crippen molar-refractivity contribution in [2.75, 3.05) is 9.80 Å². The van der Waals surface area contributed by atoms with Crippen molar-refractivity contribution in [3.05, 3.63) is 131 Å². The van der Waals surface area contributed by atoms with Crippen molar-refractivity contribution in [3.63, 3.8) is 0 Å². The van der Waals surface area contributed by atoms with Crippen LogP contribution < -0.4 is 9.80 Å². The van der Waals surface area contributed by atoms with E-state index in [2.05, 4.69) is 0 Å². The predicted molar refractivity (Wildman–Crippen MR) is 164 cm³/mol. The molecule has 4 heterocycles. The van der Waals surface area contributed by atoms with Crippen LogP contribution in [-0.4, -0.2) is 45.7 Å². The molecule has 0 radical (unpaired) electrons. The van der Waals surface area contributed by atoms with E-state index < -0.39 is 94.2 Å². The second kappa shape index (κ2) is 11.1. The van der Waals surface area contributed by atoms with Crippen LogP contribution in [0.5, 0.6) is 0 Å². The maximum absolute atomic E-state index is 14.7. The summed E-state index contributed by atoms with van der Waals surface area (Å²) in [5.41, 5.74) is -3.01.